The molecule has 0 saturated carbocycles. The van der Waals surface area contributed by atoms with Crippen LogP contribution in [0.3, 0.4) is 0 Å². The van der Waals surface area contributed by atoms with E-state index < -0.39 is 12.6 Å². The predicted molar refractivity (Wildman–Crippen MR) is 102 cm³/mol. The molecule has 126 valence electrons. The number of rotatable bonds is 7. The molecule has 0 aliphatic heterocycles. The fourth-order valence-corrected chi connectivity index (χ4v) is 2.83. The molecule has 0 fully saturated rings. The van der Waals surface area contributed by atoms with E-state index in [9.17, 15) is 4.79 Å². The van der Waals surface area contributed by atoms with Crippen LogP contribution in [-0.2, 0) is 4.79 Å². The zero-order chi connectivity index (χ0) is 17.5. The summed E-state index contributed by atoms with van der Waals surface area (Å²) in [6.07, 6.45) is 1.76. The molecule has 2 aromatic rings. The highest BCUT2D eigenvalue weighted by Crippen LogP contribution is 2.34. The van der Waals surface area contributed by atoms with E-state index in [1.54, 1.807) is 12.3 Å². The summed E-state index contributed by atoms with van der Waals surface area (Å²) < 4.78 is 11.7. The molecule has 24 heavy (non-hydrogen) atoms. The third-order valence-corrected chi connectivity index (χ3v) is 3.94. The van der Waals surface area contributed by atoms with Crippen molar-refractivity contribution in [1.29, 1.82) is 0 Å². The van der Waals surface area contributed by atoms with Gasteiger partial charge in [-0.1, -0.05) is 18.2 Å². The maximum atomic E-state index is 10.7. The van der Waals surface area contributed by atoms with Crippen LogP contribution in [0.1, 0.15) is 18.1 Å². The van der Waals surface area contributed by atoms with Crippen molar-refractivity contribution < 1.29 is 19.4 Å². The van der Waals surface area contributed by atoms with E-state index in [4.69, 9.17) is 14.6 Å². The zero-order valence-corrected chi connectivity index (χ0v) is 15.6. The van der Waals surface area contributed by atoms with E-state index >= 15 is 0 Å². The van der Waals surface area contributed by atoms with Crippen LogP contribution in [0.4, 0.5) is 5.69 Å². The lowest BCUT2D eigenvalue weighted by Crippen LogP contribution is -2.11. The number of aryl methyl sites for hydroxylation is 1. The molecule has 0 atom stereocenters. The number of aliphatic carboxylic acids is 1. The zero-order valence-electron chi connectivity index (χ0n) is 13.5. The smallest absolute Gasteiger partial charge is 0.341 e. The number of halogens is 1. The van der Waals surface area contributed by atoms with Crippen molar-refractivity contribution >= 4 is 40.5 Å². The van der Waals surface area contributed by atoms with Gasteiger partial charge in [-0.2, -0.15) is 0 Å². The molecule has 0 heterocycles. The molecule has 6 heteroatoms. The highest BCUT2D eigenvalue weighted by atomic mass is 127. The number of nitrogens with zero attached hydrogens (tertiary/aromatic N) is 1. The van der Waals surface area contributed by atoms with Crippen molar-refractivity contribution in [1.82, 2.24) is 0 Å². The molecule has 0 saturated heterocycles. The van der Waals surface area contributed by atoms with Gasteiger partial charge in [0.15, 0.2) is 18.1 Å². The number of ether oxygens (including phenoxy) is 2. The second-order valence-corrected chi connectivity index (χ2v) is 6.15. The van der Waals surface area contributed by atoms with E-state index in [1.807, 2.05) is 44.2 Å². The van der Waals surface area contributed by atoms with Gasteiger partial charge in [-0.3, -0.25) is 4.99 Å². The van der Waals surface area contributed by atoms with Crippen LogP contribution in [0.5, 0.6) is 11.5 Å². The highest BCUT2D eigenvalue weighted by molar-refractivity contribution is 14.1. The molecule has 0 unspecified atom stereocenters. The van der Waals surface area contributed by atoms with Crippen LogP contribution in [-0.4, -0.2) is 30.5 Å². The number of benzene rings is 2. The molecule has 0 bridgehead atoms. The third-order valence-electron chi connectivity index (χ3n) is 3.14. The quantitative estimate of drug-likeness (QED) is 0.519. The van der Waals surface area contributed by atoms with Gasteiger partial charge in [0.05, 0.1) is 15.9 Å². The fourth-order valence-electron chi connectivity index (χ4n) is 2.05. The van der Waals surface area contributed by atoms with Crippen molar-refractivity contribution in [3.63, 3.8) is 0 Å². The number of hydrogen-bond donors (Lipinski definition) is 1. The summed E-state index contributed by atoms with van der Waals surface area (Å²) in [5.41, 5.74) is 2.85. The summed E-state index contributed by atoms with van der Waals surface area (Å²) in [7, 11) is 0. The van der Waals surface area contributed by atoms with Crippen LogP contribution < -0.4 is 9.47 Å². The van der Waals surface area contributed by atoms with Gasteiger partial charge < -0.3 is 14.6 Å². The minimum Gasteiger partial charge on any atom is -0.490 e. The first kappa shape index (κ1) is 18.3. The van der Waals surface area contributed by atoms with Gasteiger partial charge in [0, 0.05) is 6.21 Å². The third kappa shape index (κ3) is 4.95. The lowest BCUT2D eigenvalue weighted by molar-refractivity contribution is -0.139. The Morgan fingerprint density at radius 2 is 2.04 bits per heavy atom. The Bertz CT molecular complexity index is 759. The summed E-state index contributed by atoms with van der Waals surface area (Å²) >= 11 is 2.10. The van der Waals surface area contributed by atoms with Crippen LogP contribution in [0.15, 0.2) is 41.4 Å². The van der Waals surface area contributed by atoms with Gasteiger partial charge in [0.25, 0.3) is 0 Å². The minimum atomic E-state index is -1.03. The van der Waals surface area contributed by atoms with Crippen molar-refractivity contribution in [3.05, 3.63) is 51.1 Å². The van der Waals surface area contributed by atoms with Crippen molar-refractivity contribution in [2.24, 2.45) is 4.99 Å². The summed E-state index contributed by atoms with van der Waals surface area (Å²) in [5, 5.41) is 8.79. The van der Waals surface area contributed by atoms with Crippen LogP contribution in [0.25, 0.3) is 0 Å². The first-order valence-corrected chi connectivity index (χ1v) is 8.49. The summed E-state index contributed by atoms with van der Waals surface area (Å²) in [6.45, 7) is 3.91. The maximum absolute atomic E-state index is 10.7. The predicted octanol–water partition coefficient (Wildman–Crippen LogP) is 4.21. The average Bonchev–Trinajstić information content (AvgIpc) is 2.53. The molecule has 0 radical (unpaired) electrons. The molecular weight excluding hydrogens is 421 g/mol. The van der Waals surface area contributed by atoms with Crippen molar-refractivity contribution in [2.75, 3.05) is 13.2 Å². The van der Waals surface area contributed by atoms with E-state index in [2.05, 4.69) is 27.6 Å². The van der Waals surface area contributed by atoms with Crippen LogP contribution in [0.2, 0.25) is 0 Å². The number of aliphatic imine (C=N–C) groups is 1. The number of carboxylic acid groups (broad SMARTS) is 1. The van der Waals surface area contributed by atoms with Crippen LogP contribution >= 0.6 is 22.6 Å². The SMILES string of the molecule is CCOc1cc(C=Nc2ccccc2C)cc(I)c1OCC(=O)O. The lowest BCUT2D eigenvalue weighted by Gasteiger charge is -2.13. The van der Waals surface area contributed by atoms with E-state index in [-0.39, 0.29) is 0 Å². The molecule has 0 aliphatic carbocycles. The second-order valence-electron chi connectivity index (χ2n) is 4.99. The number of hydrogen-bond acceptors (Lipinski definition) is 4. The standard InChI is InChI=1S/C18H18INO4/c1-3-23-16-9-13(8-14(19)18(16)24-11-17(21)22)10-20-15-7-5-4-6-12(15)2/h4-10H,3,11H2,1-2H3,(H,21,22). The van der Waals surface area contributed by atoms with Crippen molar-refractivity contribution in [2.45, 2.75) is 13.8 Å². The average molecular weight is 439 g/mol. The second kappa shape index (κ2) is 8.68. The monoisotopic (exact) mass is 439 g/mol. The molecule has 0 spiro atoms. The molecule has 2 aromatic carbocycles. The molecule has 0 aliphatic rings. The molecule has 0 amide bonds. The normalized spacial score (nSPS) is 10.8. The first-order valence-electron chi connectivity index (χ1n) is 7.42. The molecule has 5 nitrogen and oxygen atoms in total. The number of para-hydroxylation sites is 1. The van der Waals surface area contributed by atoms with Gasteiger partial charge in [0.2, 0.25) is 0 Å². The van der Waals surface area contributed by atoms with Gasteiger partial charge in [-0.25, -0.2) is 4.79 Å². The van der Waals surface area contributed by atoms with Gasteiger partial charge in [-0.15, -0.1) is 0 Å². The van der Waals surface area contributed by atoms with Gasteiger partial charge >= 0.3 is 5.97 Å². The highest BCUT2D eigenvalue weighted by Gasteiger charge is 2.13. The molecular formula is C18H18INO4. The van der Waals surface area contributed by atoms with E-state index in [0.29, 0.717) is 18.1 Å². The first-order chi connectivity index (χ1) is 11.5. The maximum Gasteiger partial charge on any atom is 0.341 e. The van der Waals surface area contributed by atoms with E-state index in [1.165, 1.54) is 0 Å². The van der Waals surface area contributed by atoms with Gasteiger partial charge in [0.1, 0.15) is 0 Å². The Morgan fingerprint density at radius 3 is 2.71 bits per heavy atom. The topological polar surface area (TPSA) is 68.1 Å². The molecule has 2 rings (SSSR count). The fraction of sp³-hybridized carbons (Fsp3) is 0.222. The Kier molecular flexibility index (Phi) is 6.60. The van der Waals surface area contributed by atoms with Crippen molar-refractivity contribution in [3.8, 4) is 11.5 Å². The largest absolute Gasteiger partial charge is 0.490 e. The lowest BCUT2D eigenvalue weighted by atomic mass is 10.2. The minimum absolute atomic E-state index is 0.410. The Labute approximate surface area is 154 Å². The summed E-state index contributed by atoms with van der Waals surface area (Å²) in [5.74, 6) is -0.0804. The van der Waals surface area contributed by atoms with Gasteiger partial charge in [-0.05, 0) is 65.8 Å². The Balaban J connectivity index is 2.31. The summed E-state index contributed by atoms with van der Waals surface area (Å²) in [6, 6.07) is 11.5. The Hall–Kier alpha value is -2.09. The molecule has 0 aromatic heterocycles. The number of carbonyl (C=O) groups is 1. The summed E-state index contributed by atoms with van der Waals surface area (Å²) in [4.78, 5) is 15.2. The van der Waals surface area contributed by atoms with Crippen LogP contribution in [0, 0.1) is 10.5 Å². The Morgan fingerprint density at radius 1 is 1.29 bits per heavy atom. The number of carboxylic acids is 1. The van der Waals surface area contributed by atoms with E-state index in [0.717, 1.165) is 20.4 Å². The molecule has 1 N–H and O–H groups in total.